The fourth-order valence-corrected chi connectivity index (χ4v) is 3.35. The maximum atomic E-state index is 12.4. The molecule has 0 aromatic carbocycles. The summed E-state index contributed by atoms with van der Waals surface area (Å²) in [5, 5.41) is 0. The molecular weight excluding hydrogens is 318 g/mol. The normalized spacial score (nSPS) is 16.7. The van der Waals surface area contributed by atoms with Gasteiger partial charge in [-0.3, -0.25) is 9.69 Å². The van der Waals surface area contributed by atoms with E-state index >= 15 is 0 Å². The van der Waals surface area contributed by atoms with Crippen LogP contribution in [0.1, 0.15) is 26.7 Å². The fourth-order valence-electron chi connectivity index (χ4n) is 2.59. The van der Waals surface area contributed by atoms with E-state index in [0.717, 1.165) is 25.9 Å². The number of sulfonamides is 1. The number of hydrogen-bond donors (Lipinski definition) is 0. The van der Waals surface area contributed by atoms with Crippen LogP contribution < -0.4 is 0 Å². The topological polar surface area (TPSA) is 70.2 Å². The molecule has 1 rings (SSSR count). The number of carbonyl (C=O) groups excluding carboxylic acids is 1. The lowest BCUT2D eigenvalue weighted by Crippen LogP contribution is -2.47. The van der Waals surface area contributed by atoms with E-state index in [0.29, 0.717) is 39.4 Å². The summed E-state index contributed by atoms with van der Waals surface area (Å²) in [5.41, 5.74) is 0. The molecule has 7 nitrogen and oxygen atoms in total. The van der Waals surface area contributed by atoms with Crippen molar-refractivity contribution < 1.29 is 17.9 Å². The second-order valence-corrected chi connectivity index (χ2v) is 7.91. The van der Waals surface area contributed by atoms with Gasteiger partial charge in [0.1, 0.15) is 0 Å². The molecule has 0 unspecified atom stereocenters. The third-order valence-corrected chi connectivity index (χ3v) is 5.14. The molecule has 136 valence electrons. The highest BCUT2D eigenvalue weighted by Crippen LogP contribution is 2.04. The highest BCUT2D eigenvalue weighted by molar-refractivity contribution is 7.88. The van der Waals surface area contributed by atoms with Gasteiger partial charge in [-0.1, -0.05) is 13.8 Å². The Kier molecular flexibility index (Phi) is 9.04. The van der Waals surface area contributed by atoms with Crippen LogP contribution in [0.5, 0.6) is 0 Å². The van der Waals surface area contributed by atoms with Crippen molar-refractivity contribution in [3.63, 3.8) is 0 Å². The second kappa shape index (κ2) is 10.2. The largest absolute Gasteiger partial charge is 0.379 e. The van der Waals surface area contributed by atoms with Crippen LogP contribution in [0.15, 0.2) is 0 Å². The first-order chi connectivity index (χ1) is 10.9. The minimum absolute atomic E-state index is 0.0663. The number of hydrogen-bond acceptors (Lipinski definition) is 5. The molecule has 1 heterocycles. The van der Waals surface area contributed by atoms with E-state index in [2.05, 4.69) is 4.90 Å². The Labute approximate surface area is 140 Å². The number of carbonyl (C=O) groups is 1. The Morgan fingerprint density at radius 1 is 1.09 bits per heavy atom. The van der Waals surface area contributed by atoms with Gasteiger partial charge in [0.2, 0.25) is 15.9 Å². The van der Waals surface area contributed by atoms with Crippen molar-refractivity contribution in [2.45, 2.75) is 26.7 Å². The molecule has 0 aliphatic carbocycles. The first kappa shape index (κ1) is 20.3. The van der Waals surface area contributed by atoms with Crippen molar-refractivity contribution >= 4 is 15.9 Å². The van der Waals surface area contributed by atoms with E-state index in [9.17, 15) is 13.2 Å². The molecule has 1 amide bonds. The van der Waals surface area contributed by atoms with Crippen LogP contribution in [-0.4, -0.2) is 93.7 Å². The molecule has 0 N–H and O–H groups in total. The van der Waals surface area contributed by atoms with Gasteiger partial charge in [-0.15, -0.1) is 0 Å². The fraction of sp³-hybridized carbons (Fsp3) is 0.933. The smallest absolute Gasteiger partial charge is 0.237 e. The van der Waals surface area contributed by atoms with Crippen molar-refractivity contribution in [1.29, 1.82) is 0 Å². The number of rotatable bonds is 10. The monoisotopic (exact) mass is 349 g/mol. The lowest BCUT2D eigenvalue weighted by Gasteiger charge is -2.30. The van der Waals surface area contributed by atoms with Gasteiger partial charge in [-0.05, 0) is 12.8 Å². The molecule has 23 heavy (non-hydrogen) atoms. The predicted octanol–water partition coefficient (Wildman–Crippen LogP) is 0.229. The average Bonchev–Trinajstić information content (AvgIpc) is 2.51. The van der Waals surface area contributed by atoms with Gasteiger partial charge in [0.25, 0.3) is 0 Å². The van der Waals surface area contributed by atoms with Crippen LogP contribution in [0.4, 0.5) is 0 Å². The van der Waals surface area contributed by atoms with E-state index in [4.69, 9.17) is 4.74 Å². The van der Waals surface area contributed by atoms with Crippen molar-refractivity contribution in [3.8, 4) is 0 Å². The van der Waals surface area contributed by atoms with Crippen LogP contribution >= 0.6 is 0 Å². The van der Waals surface area contributed by atoms with Crippen LogP contribution in [0.3, 0.4) is 0 Å². The first-order valence-electron chi connectivity index (χ1n) is 8.41. The van der Waals surface area contributed by atoms with Crippen molar-refractivity contribution in [2.24, 2.45) is 0 Å². The molecule has 1 aliphatic rings. The van der Waals surface area contributed by atoms with Gasteiger partial charge in [-0.2, -0.15) is 4.31 Å². The lowest BCUT2D eigenvalue weighted by atomic mass is 10.3. The van der Waals surface area contributed by atoms with Gasteiger partial charge in [-0.25, -0.2) is 8.42 Å². The molecule has 0 aromatic heterocycles. The van der Waals surface area contributed by atoms with Crippen molar-refractivity contribution in [2.75, 3.05) is 65.3 Å². The van der Waals surface area contributed by atoms with E-state index in [1.165, 1.54) is 10.6 Å². The molecule has 1 saturated heterocycles. The number of morpholine rings is 1. The summed E-state index contributed by atoms with van der Waals surface area (Å²) in [4.78, 5) is 16.3. The molecule has 0 radical (unpaired) electrons. The zero-order valence-electron chi connectivity index (χ0n) is 14.7. The Bertz CT molecular complexity index is 444. The van der Waals surface area contributed by atoms with E-state index < -0.39 is 10.0 Å². The van der Waals surface area contributed by atoms with E-state index in [-0.39, 0.29) is 12.5 Å². The zero-order valence-corrected chi connectivity index (χ0v) is 15.5. The molecular formula is C15H31N3O4S. The third kappa shape index (κ3) is 7.60. The van der Waals surface area contributed by atoms with Crippen LogP contribution in [0.25, 0.3) is 0 Å². The van der Waals surface area contributed by atoms with Crippen molar-refractivity contribution in [1.82, 2.24) is 14.1 Å². The molecule has 1 fully saturated rings. The Hall–Kier alpha value is -0.700. The van der Waals surface area contributed by atoms with Gasteiger partial charge >= 0.3 is 0 Å². The quantitative estimate of drug-likeness (QED) is 0.565. The standard InChI is InChI=1S/C15H31N3O4S/c1-4-6-17(7-5-2)15(19)14-18(23(3,20)21)9-8-16-10-12-22-13-11-16/h4-14H2,1-3H3. The zero-order chi connectivity index (χ0) is 17.3. The van der Waals surface area contributed by atoms with Crippen LogP contribution in [0, 0.1) is 0 Å². The molecule has 0 atom stereocenters. The minimum atomic E-state index is -3.40. The third-order valence-electron chi connectivity index (χ3n) is 3.89. The van der Waals surface area contributed by atoms with Gasteiger partial charge in [0, 0.05) is 39.3 Å². The Balaban J connectivity index is 2.60. The molecule has 1 aliphatic heterocycles. The summed E-state index contributed by atoms with van der Waals surface area (Å²) in [7, 11) is -3.40. The highest BCUT2D eigenvalue weighted by Gasteiger charge is 2.24. The lowest BCUT2D eigenvalue weighted by molar-refractivity contribution is -0.131. The molecule has 0 aromatic rings. The van der Waals surface area contributed by atoms with Crippen LogP contribution in [-0.2, 0) is 19.6 Å². The maximum Gasteiger partial charge on any atom is 0.237 e. The molecule has 0 saturated carbocycles. The molecule has 8 heteroatoms. The summed E-state index contributed by atoms with van der Waals surface area (Å²) in [5.74, 6) is -0.110. The van der Waals surface area contributed by atoms with E-state index in [1.54, 1.807) is 4.90 Å². The Morgan fingerprint density at radius 2 is 1.65 bits per heavy atom. The Morgan fingerprint density at radius 3 is 2.13 bits per heavy atom. The minimum Gasteiger partial charge on any atom is -0.379 e. The van der Waals surface area contributed by atoms with Gasteiger partial charge < -0.3 is 9.64 Å². The SMILES string of the molecule is CCCN(CCC)C(=O)CN(CCN1CCOCC1)S(C)(=O)=O. The van der Waals surface area contributed by atoms with Crippen LogP contribution in [0.2, 0.25) is 0 Å². The maximum absolute atomic E-state index is 12.4. The summed E-state index contributed by atoms with van der Waals surface area (Å²) in [6.45, 7) is 9.27. The molecule has 0 spiro atoms. The van der Waals surface area contributed by atoms with E-state index in [1.807, 2.05) is 13.8 Å². The number of ether oxygens (including phenoxy) is 1. The van der Waals surface area contributed by atoms with Gasteiger partial charge in [0.15, 0.2) is 0 Å². The summed E-state index contributed by atoms with van der Waals surface area (Å²) < 4.78 is 30.6. The van der Waals surface area contributed by atoms with Gasteiger partial charge in [0.05, 0.1) is 26.0 Å². The van der Waals surface area contributed by atoms with Crippen molar-refractivity contribution in [3.05, 3.63) is 0 Å². The number of nitrogens with zero attached hydrogens (tertiary/aromatic N) is 3. The summed E-state index contributed by atoms with van der Waals surface area (Å²) in [6.07, 6.45) is 2.92. The highest BCUT2D eigenvalue weighted by atomic mass is 32.2. The first-order valence-corrected chi connectivity index (χ1v) is 10.3. The summed E-state index contributed by atoms with van der Waals surface area (Å²) in [6, 6.07) is 0. The predicted molar refractivity (Wildman–Crippen MR) is 90.8 cm³/mol. The second-order valence-electron chi connectivity index (χ2n) is 5.93. The molecule has 0 bridgehead atoms. The number of amides is 1. The average molecular weight is 349 g/mol. The summed E-state index contributed by atoms with van der Waals surface area (Å²) >= 11 is 0.